The van der Waals surface area contributed by atoms with E-state index in [1.165, 1.54) is 5.56 Å². The van der Waals surface area contributed by atoms with Crippen molar-refractivity contribution in [1.29, 1.82) is 0 Å². The fourth-order valence-corrected chi connectivity index (χ4v) is 1.43. The Balaban J connectivity index is 2.43. The van der Waals surface area contributed by atoms with E-state index in [0.717, 1.165) is 18.4 Å². The molecular weight excluding hydrogens is 192 g/mol. The summed E-state index contributed by atoms with van der Waals surface area (Å²) in [6.07, 6.45) is 1.62. The van der Waals surface area contributed by atoms with E-state index in [-0.39, 0.29) is 12.9 Å². The molecule has 0 aliphatic rings. The number of rotatable bonds is 6. The highest BCUT2D eigenvalue weighted by Gasteiger charge is 2.04. The third-order valence-corrected chi connectivity index (χ3v) is 2.40. The lowest BCUT2D eigenvalue weighted by Crippen LogP contribution is -2.13. The van der Waals surface area contributed by atoms with E-state index in [4.69, 9.17) is 14.6 Å². The van der Waals surface area contributed by atoms with Crippen LogP contribution in [-0.4, -0.2) is 25.6 Å². The molecule has 1 aromatic rings. The fourth-order valence-electron chi connectivity index (χ4n) is 1.43. The molecule has 0 heterocycles. The van der Waals surface area contributed by atoms with Crippen LogP contribution in [0.3, 0.4) is 0 Å². The number of aliphatic hydroxyl groups is 1. The normalized spacial score (nSPS) is 10.9. The van der Waals surface area contributed by atoms with Crippen molar-refractivity contribution in [2.24, 2.45) is 0 Å². The average Bonchev–Trinajstić information content (AvgIpc) is 2.31. The Bertz CT molecular complexity index is 265. The van der Waals surface area contributed by atoms with Gasteiger partial charge in [-0.25, -0.2) is 0 Å². The van der Waals surface area contributed by atoms with E-state index in [1.807, 2.05) is 24.3 Å². The predicted octanol–water partition coefficient (Wildman–Crippen LogP) is 1.73. The first-order valence-corrected chi connectivity index (χ1v) is 5.04. The zero-order valence-electron chi connectivity index (χ0n) is 9.27. The van der Waals surface area contributed by atoms with Crippen molar-refractivity contribution in [2.45, 2.75) is 25.7 Å². The summed E-state index contributed by atoms with van der Waals surface area (Å²) in [5.74, 6) is 0. The van der Waals surface area contributed by atoms with E-state index < -0.39 is 0 Å². The second kappa shape index (κ2) is 6.56. The van der Waals surface area contributed by atoms with Gasteiger partial charge in [0.25, 0.3) is 0 Å². The van der Waals surface area contributed by atoms with Crippen molar-refractivity contribution in [1.82, 2.24) is 0 Å². The summed E-state index contributed by atoms with van der Waals surface area (Å²) in [4.78, 5) is 0. The molecule has 0 aliphatic carbocycles. The molecule has 0 atom stereocenters. The third kappa shape index (κ3) is 4.00. The minimum absolute atomic E-state index is 0.0963. The van der Waals surface area contributed by atoms with Gasteiger partial charge < -0.3 is 14.6 Å². The highest BCUT2D eigenvalue weighted by atomic mass is 16.7. The van der Waals surface area contributed by atoms with Crippen LogP contribution in [0.1, 0.15) is 17.5 Å². The lowest BCUT2D eigenvalue weighted by atomic mass is 10.1. The molecule has 0 saturated carbocycles. The molecule has 0 radical (unpaired) electrons. The summed E-state index contributed by atoms with van der Waals surface area (Å²) in [6, 6.07) is 7.91. The van der Waals surface area contributed by atoms with Crippen LogP contribution in [0.2, 0.25) is 0 Å². The van der Waals surface area contributed by atoms with Crippen LogP contribution in [-0.2, 0) is 22.5 Å². The van der Waals surface area contributed by atoms with Crippen LogP contribution in [0, 0.1) is 0 Å². The van der Waals surface area contributed by atoms with Crippen LogP contribution in [0.4, 0.5) is 0 Å². The minimum atomic E-state index is -0.137. The highest BCUT2D eigenvalue weighted by Crippen LogP contribution is 2.09. The standard InChI is InChI=1S/C12H18O3/c1-14-12(15-2)8-7-10-3-5-11(9-13)6-4-10/h3-6,12-13H,7-9H2,1-2H3. The Morgan fingerprint density at radius 1 is 1.07 bits per heavy atom. The van der Waals surface area contributed by atoms with Gasteiger partial charge >= 0.3 is 0 Å². The molecule has 1 aromatic carbocycles. The van der Waals surface area contributed by atoms with Gasteiger partial charge in [0.1, 0.15) is 0 Å². The summed E-state index contributed by atoms with van der Waals surface area (Å²) in [5.41, 5.74) is 2.17. The second-order valence-electron chi connectivity index (χ2n) is 3.41. The zero-order valence-corrected chi connectivity index (χ0v) is 9.27. The third-order valence-electron chi connectivity index (χ3n) is 2.40. The maximum Gasteiger partial charge on any atom is 0.157 e. The zero-order chi connectivity index (χ0) is 11.1. The Labute approximate surface area is 90.6 Å². The predicted molar refractivity (Wildman–Crippen MR) is 58.5 cm³/mol. The van der Waals surface area contributed by atoms with Gasteiger partial charge in [0.05, 0.1) is 6.61 Å². The van der Waals surface area contributed by atoms with Crippen LogP contribution >= 0.6 is 0 Å². The monoisotopic (exact) mass is 210 g/mol. The van der Waals surface area contributed by atoms with Gasteiger partial charge in [-0.1, -0.05) is 24.3 Å². The number of benzene rings is 1. The maximum atomic E-state index is 8.88. The van der Waals surface area contributed by atoms with Gasteiger partial charge in [-0.2, -0.15) is 0 Å². The number of aryl methyl sites for hydroxylation is 1. The van der Waals surface area contributed by atoms with Gasteiger partial charge in [0.15, 0.2) is 6.29 Å². The summed E-state index contributed by atoms with van der Waals surface area (Å²) in [5, 5.41) is 8.88. The summed E-state index contributed by atoms with van der Waals surface area (Å²) >= 11 is 0. The molecule has 0 saturated heterocycles. The number of aliphatic hydroxyl groups excluding tert-OH is 1. The molecule has 0 amide bonds. The van der Waals surface area contributed by atoms with Crippen LogP contribution in [0.25, 0.3) is 0 Å². The van der Waals surface area contributed by atoms with E-state index >= 15 is 0 Å². The first-order valence-electron chi connectivity index (χ1n) is 5.04. The quantitative estimate of drug-likeness (QED) is 0.727. The molecule has 84 valence electrons. The summed E-state index contributed by atoms with van der Waals surface area (Å²) in [6.45, 7) is 0.0963. The Hall–Kier alpha value is -0.900. The average molecular weight is 210 g/mol. The van der Waals surface area contributed by atoms with Gasteiger partial charge in [0.2, 0.25) is 0 Å². The van der Waals surface area contributed by atoms with Crippen molar-refractivity contribution in [3.63, 3.8) is 0 Å². The lowest BCUT2D eigenvalue weighted by Gasteiger charge is -2.12. The topological polar surface area (TPSA) is 38.7 Å². The van der Waals surface area contributed by atoms with Gasteiger partial charge in [-0.05, 0) is 17.5 Å². The molecule has 3 nitrogen and oxygen atoms in total. The minimum Gasteiger partial charge on any atom is -0.392 e. The van der Waals surface area contributed by atoms with Crippen molar-refractivity contribution >= 4 is 0 Å². The van der Waals surface area contributed by atoms with Crippen molar-refractivity contribution < 1.29 is 14.6 Å². The number of hydrogen-bond donors (Lipinski definition) is 1. The largest absolute Gasteiger partial charge is 0.392 e. The summed E-state index contributed by atoms with van der Waals surface area (Å²) < 4.78 is 10.2. The van der Waals surface area contributed by atoms with E-state index in [0.29, 0.717) is 0 Å². The highest BCUT2D eigenvalue weighted by molar-refractivity contribution is 5.21. The fraction of sp³-hybridized carbons (Fsp3) is 0.500. The van der Waals surface area contributed by atoms with E-state index in [2.05, 4.69) is 0 Å². The van der Waals surface area contributed by atoms with Crippen molar-refractivity contribution in [2.75, 3.05) is 14.2 Å². The Morgan fingerprint density at radius 3 is 2.07 bits per heavy atom. The Kier molecular flexibility index (Phi) is 5.32. The molecule has 3 heteroatoms. The SMILES string of the molecule is COC(CCc1ccc(CO)cc1)OC. The van der Waals surface area contributed by atoms with Crippen molar-refractivity contribution in [3.8, 4) is 0 Å². The molecule has 1 N–H and O–H groups in total. The van der Waals surface area contributed by atoms with Gasteiger partial charge in [0, 0.05) is 20.6 Å². The van der Waals surface area contributed by atoms with Crippen LogP contribution in [0.5, 0.6) is 0 Å². The molecule has 0 fully saturated rings. The first kappa shape index (κ1) is 12.2. The molecule has 0 unspecified atom stereocenters. The second-order valence-corrected chi connectivity index (χ2v) is 3.41. The van der Waals surface area contributed by atoms with Crippen LogP contribution < -0.4 is 0 Å². The molecule has 0 spiro atoms. The Morgan fingerprint density at radius 2 is 1.60 bits per heavy atom. The molecule has 0 bridgehead atoms. The number of hydrogen-bond acceptors (Lipinski definition) is 3. The maximum absolute atomic E-state index is 8.88. The van der Waals surface area contributed by atoms with Gasteiger partial charge in [-0.3, -0.25) is 0 Å². The smallest absolute Gasteiger partial charge is 0.157 e. The number of methoxy groups -OCH3 is 2. The summed E-state index contributed by atoms with van der Waals surface area (Å²) in [7, 11) is 3.28. The van der Waals surface area contributed by atoms with Gasteiger partial charge in [-0.15, -0.1) is 0 Å². The molecular formula is C12H18O3. The van der Waals surface area contributed by atoms with E-state index in [1.54, 1.807) is 14.2 Å². The molecule has 0 aromatic heterocycles. The van der Waals surface area contributed by atoms with Crippen molar-refractivity contribution in [3.05, 3.63) is 35.4 Å². The molecule has 0 aliphatic heterocycles. The first-order chi connectivity index (χ1) is 7.30. The molecule has 1 rings (SSSR count). The number of ether oxygens (including phenoxy) is 2. The van der Waals surface area contributed by atoms with Crippen LogP contribution in [0.15, 0.2) is 24.3 Å². The molecule has 15 heavy (non-hydrogen) atoms. The lowest BCUT2D eigenvalue weighted by molar-refractivity contribution is -0.105. The van der Waals surface area contributed by atoms with E-state index in [9.17, 15) is 0 Å².